The molecule has 0 spiro atoms. The summed E-state index contributed by atoms with van der Waals surface area (Å²) in [4.78, 5) is 21.6. The van der Waals surface area contributed by atoms with Gasteiger partial charge in [0.2, 0.25) is 5.72 Å². The van der Waals surface area contributed by atoms with E-state index in [-0.39, 0.29) is 5.91 Å². The lowest BCUT2D eigenvalue weighted by Crippen LogP contribution is -2.45. The van der Waals surface area contributed by atoms with E-state index in [2.05, 4.69) is 23.8 Å². The topological polar surface area (TPSA) is 69.2 Å². The molecular formula is C20H19N3O2. The minimum absolute atomic E-state index is 0.244. The Labute approximate surface area is 146 Å². The molecule has 0 aliphatic carbocycles. The average Bonchev–Trinajstić information content (AvgIpc) is 3.23. The molecule has 2 aromatic carbocycles. The van der Waals surface area contributed by atoms with Gasteiger partial charge in [0.15, 0.2) is 5.82 Å². The molecule has 0 unspecified atom stereocenters. The van der Waals surface area contributed by atoms with E-state index in [0.29, 0.717) is 28.6 Å². The first kappa shape index (κ1) is 15.6. The van der Waals surface area contributed by atoms with Crippen LogP contribution in [0.5, 0.6) is 0 Å². The van der Waals surface area contributed by atoms with Crippen LogP contribution in [-0.2, 0) is 5.72 Å². The van der Waals surface area contributed by atoms with Gasteiger partial charge in [0, 0.05) is 29.2 Å². The van der Waals surface area contributed by atoms with Gasteiger partial charge in [0.25, 0.3) is 5.91 Å². The Morgan fingerprint density at radius 1 is 1.12 bits per heavy atom. The second-order valence-corrected chi connectivity index (χ2v) is 6.54. The summed E-state index contributed by atoms with van der Waals surface area (Å²) < 4.78 is 0. The number of nitrogens with one attached hydrogen (secondary N) is 1. The number of fused-ring (bicyclic) bond motifs is 1. The molecule has 1 aromatic heterocycles. The number of aromatic nitrogens is 2. The van der Waals surface area contributed by atoms with Crippen molar-refractivity contribution >= 4 is 11.6 Å². The first-order valence-corrected chi connectivity index (χ1v) is 8.29. The van der Waals surface area contributed by atoms with E-state index in [4.69, 9.17) is 0 Å². The van der Waals surface area contributed by atoms with E-state index in [1.54, 1.807) is 30.6 Å². The van der Waals surface area contributed by atoms with Crippen LogP contribution in [0.25, 0.3) is 0 Å². The summed E-state index contributed by atoms with van der Waals surface area (Å²) in [5, 5.41) is 11.6. The van der Waals surface area contributed by atoms with Crippen LogP contribution >= 0.6 is 0 Å². The molecule has 4 rings (SSSR count). The molecule has 0 fully saturated rings. The number of aromatic amines is 1. The third-order valence-corrected chi connectivity index (χ3v) is 4.71. The van der Waals surface area contributed by atoms with Crippen LogP contribution in [0.4, 0.5) is 5.69 Å². The molecule has 0 saturated heterocycles. The molecular weight excluding hydrogens is 314 g/mol. The predicted molar refractivity (Wildman–Crippen MR) is 95.4 cm³/mol. The first-order chi connectivity index (χ1) is 12.0. The molecule has 1 atom stereocenters. The van der Waals surface area contributed by atoms with Crippen molar-refractivity contribution in [1.82, 2.24) is 9.97 Å². The minimum Gasteiger partial charge on any atom is -0.360 e. The van der Waals surface area contributed by atoms with Gasteiger partial charge in [0.1, 0.15) is 0 Å². The summed E-state index contributed by atoms with van der Waals surface area (Å²) in [5.74, 6) is 0.468. The van der Waals surface area contributed by atoms with Crippen LogP contribution in [0.2, 0.25) is 0 Å². The van der Waals surface area contributed by atoms with Crippen LogP contribution in [-0.4, -0.2) is 21.0 Å². The number of aliphatic hydroxyl groups is 1. The van der Waals surface area contributed by atoms with E-state index in [0.717, 1.165) is 0 Å². The summed E-state index contributed by atoms with van der Waals surface area (Å²) in [6, 6.07) is 14.8. The Balaban J connectivity index is 1.90. The molecule has 0 radical (unpaired) electrons. The lowest BCUT2D eigenvalue weighted by molar-refractivity contribution is 0.0653. The van der Waals surface area contributed by atoms with Crippen molar-refractivity contribution in [2.45, 2.75) is 25.5 Å². The fourth-order valence-corrected chi connectivity index (χ4v) is 3.36. The molecule has 1 aliphatic rings. The van der Waals surface area contributed by atoms with Gasteiger partial charge >= 0.3 is 0 Å². The van der Waals surface area contributed by atoms with Gasteiger partial charge in [-0.05, 0) is 29.7 Å². The van der Waals surface area contributed by atoms with Crippen molar-refractivity contribution in [3.05, 3.63) is 83.4 Å². The number of H-pyrrole nitrogens is 1. The molecule has 1 amide bonds. The summed E-state index contributed by atoms with van der Waals surface area (Å²) in [6.45, 7) is 4.23. The third kappa shape index (κ3) is 2.20. The standard InChI is InChI=1S/C20H19N3O2/c1-13(2)14-7-9-15(10-8-14)23-18(24)16-5-3-4-6-17(16)20(23,25)19-21-11-12-22-19/h3-13,25H,1-2H3,(H,21,22)/t20-/m1/s1. The number of nitrogens with zero attached hydrogens (tertiary/aromatic N) is 2. The lowest BCUT2D eigenvalue weighted by atomic mass is 10.00. The highest BCUT2D eigenvalue weighted by atomic mass is 16.3. The smallest absolute Gasteiger partial charge is 0.261 e. The number of hydrogen-bond acceptors (Lipinski definition) is 3. The first-order valence-electron chi connectivity index (χ1n) is 8.29. The fourth-order valence-electron chi connectivity index (χ4n) is 3.36. The van der Waals surface area contributed by atoms with Crippen molar-refractivity contribution < 1.29 is 9.90 Å². The quantitative estimate of drug-likeness (QED) is 0.772. The van der Waals surface area contributed by atoms with E-state index in [1.165, 1.54) is 10.5 Å². The number of anilines is 1. The molecule has 25 heavy (non-hydrogen) atoms. The van der Waals surface area contributed by atoms with Crippen LogP contribution in [0, 0.1) is 0 Å². The zero-order chi connectivity index (χ0) is 17.6. The number of amides is 1. The lowest BCUT2D eigenvalue weighted by Gasteiger charge is -2.32. The third-order valence-electron chi connectivity index (χ3n) is 4.71. The van der Waals surface area contributed by atoms with Crippen LogP contribution in [0.15, 0.2) is 60.9 Å². The molecule has 5 nitrogen and oxygen atoms in total. The van der Waals surface area contributed by atoms with Crippen molar-refractivity contribution in [2.24, 2.45) is 0 Å². The number of hydrogen-bond donors (Lipinski definition) is 2. The van der Waals surface area contributed by atoms with Crippen molar-refractivity contribution in [3.8, 4) is 0 Å². The fraction of sp³-hybridized carbons (Fsp3) is 0.200. The zero-order valence-corrected chi connectivity index (χ0v) is 14.1. The number of rotatable bonds is 3. The van der Waals surface area contributed by atoms with Gasteiger partial charge in [-0.15, -0.1) is 0 Å². The Bertz CT molecular complexity index is 916. The molecule has 5 heteroatoms. The van der Waals surface area contributed by atoms with Gasteiger partial charge in [-0.2, -0.15) is 0 Å². The van der Waals surface area contributed by atoms with E-state index in [9.17, 15) is 9.90 Å². The summed E-state index contributed by atoms with van der Waals surface area (Å²) >= 11 is 0. The predicted octanol–water partition coefficient (Wildman–Crippen LogP) is 3.39. The second kappa shape index (κ2) is 5.57. The monoisotopic (exact) mass is 333 g/mol. The number of carbonyl (C=O) groups is 1. The molecule has 0 saturated carbocycles. The maximum Gasteiger partial charge on any atom is 0.261 e. The van der Waals surface area contributed by atoms with Crippen molar-refractivity contribution in [1.29, 1.82) is 0 Å². The van der Waals surface area contributed by atoms with Crippen LogP contribution in [0.1, 0.15) is 47.1 Å². The maximum atomic E-state index is 13.1. The van der Waals surface area contributed by atoms with E-state index in [1.807, 2.05) is 30.3 Å². The van der Waals surface area contributed by atoms with Crippen molar-refractivity contribution in [3.63, 3.8) is 0 Å². The molecule has 3 aromatic rings. The summed E-state index contributed by atoms with van der Waals surface area (Å²) in [6.07, 6.45) is 3.21. The Kier molecular flexibility index (Phi) is 3.47. The minimum atomic E-state index is -1.66. The average molecular weight is 333 g/mol. The van der Waals surface area contributed by atoms with E-state index < -0.39 is 5.72 Å². The van der Waals surface area contributed by atoms with Gasteiger partial charge in [-0.1, -0.05) is 44.2 Å². The van der Waals surface area contributed by atoms with Gasteiger partial charge < -0.3 is 10.1 Å². The SMILES string of the molecule is CC(C)c1ccc(N2C(=O)c3ccccc3[C@@]2(O)c2ncc[nH]2)cc1. The second-order valence-electron chi connectivity index (χ2n) is 6.54. The zero-order valence-electron chi connectivity index (χ0n) is 14.1. The Morgan fingerprint density at radius 3 is 2.48 bits per heavy atom. The number of imidazole rings is 1. The van der Waals surface area contributed by atoms with Crippen LogP contribution < -0.4 is 4.90 Å². The highest BCUT2D eigenvalue weighted by Gasteiger charge is 2.52. The molecule has 2 heterocycles. The largest absolute Gasteiger partial charge is 0.360 e. The van der Waals surface area contributed by atoms with Gasteiger partial charge in [-0.3, -0.25) is 9.69 Å². The molecule has 0 bridgehead atoms. The Hall–Kier alpha value is -2.92. The normalized spacial score (nSPS) is 19.5. The van der Waals surface area contributed by atoms with E-state index >= 15 is 0 Å². The highest BCUT2D eigenvalue weighted by Crippen LogP contribution is 2.43. The molecule has 2 N–H and O–H groups in total. The van der Waals surface area contributed by atoms with Crippen LogP contribution in [0.3, 0.4) is 0 Å². The van der Waals surface area contributed by atoms with Gasteiger partial charge in [-0.25, -0.2) is 4.98 Å². The summed E-state index contributed by atoms with van der Waals surface area (Å²) in [7, 11) is 0. The molecule has 1 aliphatic heterocycles. The summed E-state index contributed by atoms with van der Waals surface area (Å²) in [5.41, 5.74) is 1.16. The highest BCUT2D eigenvalue weighted by molar-refractivity contribution is 6.12. The van der Waals surface area contributed by atoms with Gasteiger partial charge in [0.05, 0.1) is 0 Å². The number of carbonyl (C=O) groups excluding carboxylic acids is 1. The number of benzene rings is 2. The Morgan fingerprint density at radius 2 is 1.84 bits per heavy atom. The van der Waals surface area contributed by atoms with Crippen molar-refractivity contribution in [2.75, 3.05) is 4.90 Å². The molecule has 126 valence electrons. The maximum absolute atomic E-state index is 13.1.